The predicted molar refractivity (Wildman–Crippen MR) is 90.8 cm³/mol. The third-order valence-corrected chi connectivity index (χ3v) is 4.20. The molecule has 0 amide bonds. The Labute approximate surface area is 136 Å². The molecule has 0 aliphatic heterocycles. The highest BCUT2D eigenvalue weighted by molar-refractivity contribution is 6.33. The number of nitrogens with one attached hydrogen (secondary N) is 1. The monoisotopic (exact) mass is 322 g/mol. The first-order valence-electron chi connectivity index (χ1n) is 7.01. The second-order valence-corrected chi connectivity index (χ2v) is 6.33. The number of halogens is 2. The zero-order valence-electron chi connectivity index (χ0n) is 12.2. The van der Waals surface area contributed by atoms with Gasteiger partial charge in [-0.15, -0.1) is 0 Å². The summed E-state index contributed by atoms with van der Waals surface area (Å²) in [6.07, 6.45) is 0.759. The molecule has 0 heterocycles. The number of nitrogens with two attached hydrogens (primary N) is 1. The minimum absolute atomic E-state index is 0.0684. The first-order valence-corrected chi connectivity index (χ1v) is 7.76. The maximum Gasteiger partial charge on any atom is 0.0515 e. The van der Waals surface area contributed by atoms with Gasteiger partial charge in [-0.3, -0.25) is 11.3 Å². The largest absolute Gasteiger partial charge is 0.271 e. The molecule has 0 bridgehead atoms. The highest BCUT2D eigenvalue weighted by Gasteiger charge is 2.14. The molecule has 4 heteroatoms. The van der Waals surface area contributed by atoms with Gasteiger partial charge in [0.05, 0.1) is 6.04 Å². The van der Waals surface area contributed by atoms with E-state index in [1.807, 2.05) is 6.07 Å². The van der Waals surface area contributed by atoms with E-state index < -0.39 is 0 Å². The molecule has 21 heavy (non-hydrogen) atoms. The SMILES string of the molecule is CC(C)c1ccc(CC(NN)c2cc(Cl)ccc2Cl)cc1. The minimum atomic E-state index is -0.0684. The third-order valence-electron chi connectivity index (χ3n) is 3.62. The van der Waals surface area contributed by atoms with Crippen LogP contribution in [0.3, 0.4) is 0 Å². The van der Waals surface area contributed by atoms with Crippen molar-refractivity contribution in [3.63, 3.8) is 0 Å². The molecule has 0 spiro atoms. The summed E-state index contributed by atoms with van der Waals surface area (Å²) in [5, 5.41) is 1.32. The van der Waals surface area contributed by atoms with Gasteiger partial charge in [-0.25, -0.2) is 0 Å². The van der Waals surface area contributed by atoms with Crippen molar-refractivity contribution in [3.8, 4) is 0 Å². The average molecular weight is 323 g/mol. The molecule has 0 saturated heterocycles. The van der Waals surface area contributed by atoms with E-state index in [0.717, 1.165) is 12.0 Å². The van der Waals surface area contributed by atoms with Crippen LogP contribution >= 0.6 is 23.2 Å². The topological polar surface area (TPSA) is 38.0 Å². The van der Waals surface area contributed by atoms with Crippen molar-refractivity contribution < 1.29 is 0 Å². The quantitative estimate of drug-likeness (QED) is 0.609. The van der Waals surface area contributed by atoms with Gasteiger partial charge in [0.25, 0.3) is 0 Å². The molecular formula is C17H20Cl2N2. The van der Waals surface area contributed by atoms with Crippen LogP contribution in [-0.2, 0) is 6.42 Å². The summed E-state index contributed by atoms with van der Waals surface area (Å²) in [4.78, 5) is 0. The lowest BCUT2D eigenvalue weighted by Gasteiger charge is -2.18. The molecular weight excluding hydrogens is 303 g/mol. The summed E-state index contributed by atoms with van der Waals surface area (Å²) < 4.78 is 0. The van der Waals surface area contributed by atoms with Crippen molar-refractivity contribution in [2.24, 2.45) is 5.84 Å². The Morgan fingerprint density at radius 2 is 1.71 bits per heavy atom. The zero-order chi connectivity index (χ0) is 15.4. The van der Waals surface area contributed by atoms with E-state index in [1.165, 1.54) is 11.1 Å². The van der Waals surface area contributed by atoms with Gasteiger partial charge in [0.1, 0.15) is 0 Å². The molecule has 0 fully saturated rings. The molecule has 2 aromatic carbocycles. The van der Waals surface area contributed by atoms with Gasteiger partial charge in [-0.2, -0.15) is 0 Å². The van der Waals surface area contributed by atoms with Gasteiger partial charge in [-0.1, -0.05) is 61.3 Å². The minimum Gasteiger partial charge on any atom is -0.271 e. The summed E-state index contributed by atoms with van der Waals surface area (Å²) in [6, 6.07) is 14.0. The van der Waals surface area contributed by atoms with Gasteiger partial charge in [0.15, 0.2) is 0 Å². The van der Waals surface area contributed by atoms with Crippen LogP contribution in [0.5, 0.6) is 0 Å². The molecule has 0 saturated carbocycles. The molecule has 0 aliphatic carbocycles. The fourth-order valence-corrected chi connectivity index (χ4v) is 2.74. The molecule has 0 aromatic heterocycles. The maximum atomic E-state index is 6.25. The normalized spacial score (nSPS) is 12.7. The summed E-state index contributed by atoms with van der Waals surface area (Å²) in [7, 11) is 0. The molecule has 1 atom stereocenters. The number of benzene rings is 2. The van der Waals surface area contributed by atoms with E-state index in [9.17, 15) is 0 Å². The van der Waals surface area contributed by atoms with Crippen molar-refractivity contribution in [1.29, 1.82) is 0 Å². The molecule has 0 radical (unpaired) electrons. The maximum absolute atomic E-state index is 6.25. The summed E-state index contributed by atoms with van der Waals surface area (Å²) in [6.45, 7) is 4.37. The summed E-state index contributed by atoms with van der Waals surface area (Å²) in [5.41, 5.74) is 6.28. The van der Waals surface area contributed by atoms with Crippen LogP contribution < -0.4 is 11.3 Å². The summed E-state index contributed by atoms with van der Waals surface area (Å²) >= 11 is 12.3. The van der Waals surface area contributed by atoms with Gasteiger partial charge < -0.3 is 0 Å². The molecule has 3 N–H and O–H groups in total. The number of hydrogen-bond donors (Lipinski definition) is 2. The van der Waals surface area contributed by atoms with Crippen LogP contribution in [0.4, 0.5) is 0 Å². The number of rotatable bonds is 5. The number of hydrogen-bond acceptors (Lipinski definition) is 2. The predicted octanol–water partition coefficient (Wildman–Crippen LogP) is 4.86. The molecule has 2 aromatic rings. The Morgan fingerprint density at radius 1 is 1.05 bits per heavy atom. The van der Waals surface area contributed by atoms with Crippen LogP contribution in [0.15, 0.2) is 42.5 Å². The first-order chi connectivity index (χ1) is 10.0. The second kappa shape index (κ2) is 7.28. The second-order valence-electron chi connectivity index (χ2n) is 5.49. The van der Waals surface area contributed by atoms with Gasteiger partial charge in [0.2, 0.25) is 0 Å². The van der Waals surface area contributed by atoms with Crippen molar-refractivity contribution >= 4 is 23.2 Å². The van der Waals surface area contributed by atoms with Crippen molar-refractivity contribution in [2.75, 3.05) is 0 Å². The van der Waals surface area contributed by atoms with Crippen LogP contribution in [0.25, 0.3) is 0 Å². The smallest absolute Gasteiger partial charge is 0.0515 e. The van der Waals surface area contributed by atoms with E-state index in [1.54, 1.807) is 12.1 Å². The molecule has 0 aliphatic rings. The van der Waals surface area contributed by atoms with Crippen LogP contribution in [0, 0.1) is 0 Å². The van der Waals surface area contributed by atoms with Crippen LogP contribution in [0.1, 0.15) is 42.5 Å². The summed E-state index contributed by atoms with van der Waals surface area (Å²) in [5.74, 6) is 6.23. The highest BCUT2D eigenvalue weighted by atomic mass is 35.5. The standard InChI is InChI=1S/C17H20Cl2N2/c1-11(2)13-5-3-12(4-6-13)9-17(21-20)15-10-14(18)7-8-16(15)19/h3-8,10-11,17,21H,9,20H2,1-2H3. The lowest BCUT2D eigenvalue weighted by Crippen LogP contribution is -2.29. The van der Waals surface area contributed by atoms with Gasteiger partial charge >= 0.3 is 0 Å². The highest BCUT2D eigenvalue weighted by Crippen LogP contribution is 2.28. The van der Waals surface area contributed by atoms with E-state index in [2.05, 4.69) is 43.5 Å². The Hall–Kier alpha value is -1.06. The van der Waals surface area contributed by atoms with Gasteiger partial charge in [0, 0.05) is 10.0 Å². The van der Waals surface area contributed by atoms with Crippen molar-refractivity contribution in [1.82, 2.24) is 5.43 Å². The fraction of sp³-hybridized carbons (Fsp3) is 0.294. The Kier molecular flexibility index (Phi) is 5.65. The average Bonchev–Trinajstić information content (AvgIpc) is 2.48. The van der Waals surface area contributed by atoms with Crippen molar-refractivity contribution in [3.05, 3.63) is 69.2 Å². The number of hydrazine groups is 1. The van der Waals surface area contributed by atoms with Crippen molar-refractivity contribution in [2.45, 2.75) is 32.2 Å². The molecule has 2 rings (SSSR count). The van der Waals surface area contributed by atoms with Crippen LogP contribution in [0.2, 0.25) is 10.0 Å². The lowest BCUT2D eigenvalue weighted by atomic mass is 9.96. The van der Waals surface area contributed by atoms with E-state index >= 15 is 0 Å². The third kappa shape index (κ3) is 4.21. The Morgan fingerprint density at radius 3 is 2.29 bits per heavy atom. The first kappa shape index (κ1) is 16.3. The molecule has 2 nitrogen and oxygen atoms in total. The molecule has 112 valence electrons. The Bertz CT molecular complexity index is 594. The zero-order valence-corrected chi connectivity index (χ0v) is 13.7. The van der Waals surface area contributed by atoms with E-state index in [-0.39, 0.29) is 6.04 Å². The van der Waals surface area contributed by atoms with Gasteiger partial charge in [-0.05, 0) is 47.2 Å². The van der Waals surface area contributed by atoms with E-state index in [0.29, 0.717) is 16.0 Å². The van der Waals surface area contributed by atoms with E-state index in [4.69, 9.17) is 29.0 Å². The Balaban J connectivity index is 2.20. The lowest BCUT2D eigenvalue weighted by molar-refractivity contribution is 0.552. The van der Waals surface area contributed by atoms with Crippen LogP contribution in [-0.4, -0.2) is 0 Å². The fourth-order valence-electron chi connectivity index (χ4n) is 2.31. The molecule has 1 unspecified atom stereocenters.